The van der Waals surface area contributed by atoms with Gasteiger partial charge in [-0.2, -0.15) is 13.2 Å². The molecule has 0 aliphatic carbocycles. The maximum absolute atomic E-state index is 13.0. The lowest BCUT2D eigenvalue weighted by atomic mass is 10.1. The minimum absolute atomic E-state index is 0.0188. The Labute approximate surface area is 190 Å². The van der Waals surface area contributed by atoms with Crippen LogP contribution < -0.4 is 4.90 Å². The number of carbonyl (C=O) groups is 1. The molecule has 0 saturated carbocycles. The van der Waals surface area contributed by atoms with Crippen molar-refractivity contribution in [3.05, 3.63) is 64.9 Å². The first-order chi connectivity index (χ1) is 15.1. The molecule has 32 heavy (non-hydrogen) atoms. The topological polar surface area (TPSA) is 47.0 Å². The van der Waals surface area contributed by atoms with E-state index in [1.807, 2.05) is 19.9 Å². The number of nitrogens with zero attached hydrogens (tertiary/aromatic N) is 3. The fraction of sp³-hybridized carbons (Fsp3) is 0.304. The van der Waals surface area contributed by atoms with Gasteiger partial charge in [-0.25, -0.2) is 0 Å². The standard InChI is InChI=1S/C23H24F3N3O2S/c1-4-28(5-2)18-10-9-16(20(30)13-18)12-19-21(31)29(22(32)27(19)3)14-15-7-6-8-17(11-15)23(24,25)26/h6-13,30H,4-5,14H2,1-3H3. The third-order valence-corrected chi connectivity index (χ3v) is 5.87. The minimum Gasteiger partial charge on any atom is -0.507 e. The largest absolute Gasteiger partial charge is 0.507 e. The van der Waals surface area contributed by atoms with E-state index in [1.165, 1.54) is 28.0 Å². The fourth-order valence-electron chi connectivity index (χ4n) is 3.57. The zero-order chi connectivity index (χ0) is 23.6. The molecule has 1 fully saturated rings. The Bertz CT molecular complexity index is 1060. The predicted octanol–water partition coefficient (Wildman–Crippen LogP) is 4.86. The van der Waals surface area contributed by atoms with Gasteiger partial charge in [-0.3, -0.25) is 9.69 Å². The van der Waals surface area contributed by atoms with Crippen LogP contribution in [0.2, 0.25) is 0 Å². The first kappa shape index (κ1) is 23.6. The zero-order valence-electron chi connectivity index (χ0n) is 18.0. The molecule has 0 unspecified atom stereocenters. The summed E-state index contributed by atoms with van der Waals surface area (Å²) in [6, 6.07) is 10.0. The molecular formula is C23H24F3N3O2S. The Morgan fingerprint density at radius 2 is 1.81 bits per heavy atom. The molecule has 1 aliphatic rings. The first-order valence-corrected chi connectivity index (χ1v) is 10.5. The first-order valence-electron chi connectivity index (χ1n) is 10.1. The summed E-state index contributed by atoms with van der Waals surface area (Å²) in [5.41, 5.74) is 1.07. The number of aromatic hydroxyl groups is 1. The summed E-state index contributed by atoms with van der Waals surface area (Å²) in [6.07, 6.45) is -2.94. The summed E-state index contributed by atoms with van der Waals surface area (Å²) < 4.78 is 39.0. The summed E-state index contributed by atoms with van der Waals surface area (Å²) >= 11 is 5.36. The van der Waals surface area contributed by atoms with Crippen molar-refractivity contribution in [2.24, 2.45) is 0 Å². The number of halogens is 3. The van der Waals surface area contributed by atoms with E-state index in [0.29, 0.717) is 11.1 Å². The number of hydrogen-bond acceptors (Lipinski definition) is 4. The number of phenolic OH excluding ortho intramolecular Hbond substituents is 1. The van der Waals surface area contributed by atoms with Gasteiger partial charge < -0.3 is 14.9 Å². The molecule has 3 rings (SSSR count). The van der Waals surface area contributed by atoms with Gasteiger partial charge in [0.15, 0.2) is 5.11 Å². The third kappa shape index (κ3) is 4.72. The number of amides is 1. The maximum Gasteiger partial charge on any atom is 0.416 e. The van der Waals surface area contributed by atoms with Gasteiger partial charge in [-0.05, 0) is 62.0 Å². The number of carbonyl (C=O) groups excluding carboxylic acids is 1. The van der Waals surface area contributed by atoms with Crippen LogP contribution in [0.4, 0.5) is 18.9 Å². The number of likely N-dealkylation sites (N-methyl/N-ethyl adjacent to an activating group) is 1. The molecule has 2 aromatic rings. The van der Waals surface area contributed by atoms with Gasteiger partial charge in [0.25, 0.3) is 5.91 Å². The van der Waals surface area contributed by atoms with Crippen LogP contribution in [0.3, 0.4) is 0 Å². The minimum atomic E-state index is -4.47. The molecule has 1 aliphatic heterocycles. The van der Waals surface area contributed by atoms with Crippen LogP contribution in [0.15, 0.2) is 48.2 Å². The van der Waals surface area contributed by atoms with Crippen LogP contribution in [0.5, 0.6) is 5.75 Å². The van der Waals surface area contributed by atoms with E-state index in [9.17, 15) is 23.1 Å². The molecular weight excluding hydrogens is 439 g/mol. The second-order valence-electron chi connectivity index (χ2n) is 7.38. The molecule has 0 spiro atoms. The van der Waals surface area contributed by atoms with Gasteiger partial charge in [0.1, 0.15) is 11.4 Å². The van der Waals surface area contributed by atoms with Crippen LogP contribution in [0.1, 0.15) is 30.5 Å². The Balaban J connectivity index is 1.87. The number of phenols is 1. The van der Waals surface area contributed by atoms with E-state index < -0.39 is 17.6 Å². The Hall–Kier alpha value is -3.07. The van der Waals surface area contributed by atoms with E-state index >= 15 is 0 Å². The number of anilines is 1. The van der Waals surface area contributed by atoms with Crippen molar-refractivity contribution in [3.8, 4) is 5.75 Å². The second kappa shape index (κ2) is 9.20. The number of thiocarbonyl (C=S) groups is 1. The predicted molar refractivity (Wildman–Crippen MR) is 122 cm³/mol. The van der Waals surface area contributed by atoms with Crippen molar-refractivity contribution in [2.75, 3.05) is 25.0 Å². The quantitative estimate of drug-likeness (QED) is 0.490. The van der Waals surface area contributed by atoms with Crippen molar-refractivity contribution in [2.45, 2.75) is 26.6 Å². The lowest BCUT2D eigenvalue weighted by molar-refractivity contribution is -0.137. The zero-order valence-corrected chi connectivity index (χ0v) is 18.8. The van der Waals surface area contributed by atoms with Crippen molar-refractivity contribution < 1.29 is 23.1 Å². The van der Waals surface area contributed by atoms with Crippen LogP contribution >= 0.6 is 12.2 Å². The highest BCUT2D eigenvalue weighted by Crippen LogP contribution is 2.32. The molecule has 0 radical (unpaired) electrons. The molecule has 1 amide bonds. The Kier molecular flexibility index (Phi) is 6.78. The lowest BCUT2D eigenvalue weighted by Gasteiger charge is -2.21. The van der Waals surface area contributed by atoms with Gasteiger partial charge in [0.05, 0.1) is 12.1 Å². The van der Waals surface area contributed by atoms with E-state index in [4.69, 9.17) is 12.2 Å². The summed E-state index contributed by atoms with van der Waals surface area (Å²) in [7, 11) is 1.61. The summed E-state index contributed by atoms with van der Waals surface area (Å²) in [5, 5.41) is 10.7. The van der Waals surface area contributed by atoms with Gasteiger partial charge in [0.2, 0.25) is 0 Å². The lowest BCUT2D eigenvalue weighted by Crippen LogP contribution is -2.30. The number of hydrogen-bond donors (Lipinski definition) is 1. The third-order valence-electron chi connectivity index (χ3n) is 5.37. The highest BCUT2D eigenvalue weighted by atomic mass is 32.1. The van der Waals surface area contributed by atoms with E-state index in [1.54, 1.807) is 19.2 Å². The molecule has 0 bridgehead atoms. The highest BCUT2D eigenvalue weighted by molar-refractivity contribution is 7.80. The number of alkyl halides is 3. The van der Waals surface area contributed by atoms with Gasteiger partial charge in [-0.15, -0.1) is 0 Å². The molecule has 1 N–H and O–H groups in total. The molecule has 2 aromatic carbocycles. The highest BCUT2D eigenvalue weighted by Gasteiger charge is 2.36. The van der Waals surface area contributed by atoms with Crippen LogP contribution in [-0.2, 0) is 17.5 Å². The molecule has 0 aromatic heterocycles. The van der Waals surface area contributed by atoms with Crippen molar-refractivity contribution >= 4 is 35.0 Å². The monoisotopic (exact) mass is 463 g/mol. The molecule has 1 heterocycles. The van der Waals surface area contributed by atoms with E-state index in [2.05, 4.69) is 4.90 Å². The van der Waals surface area contributed by atoms with E-state index in [0.717, 1.165) is 30.9 Å². The Morgan fingerprint density at radius 3 is 2.41 bits per heavy atom. The molecule has 1 saturated heterocycles. The average Bonchev–Trinajstić information content (AvgIpc) is 2.94. The molecule has 5 nitrogen and oxygen atoms in total. The Morgan fingerprint density at radius 1 is 1.12 bits per heavy atom. The summed E-state index contributed by atoms with van der Waals surface area (Å²) in [4.78, 5) is 17.8. The van der Waals surface area contributed by atoms with Crippen molar-refractivity contribution in [1.82, 2.24) is 9.80 Å². The summed E-state index contributed by atoms with van der Waals surface area (Å²) in [5.74, 6) is -0.424. The molecule has 0 atom stereocenters. The fourth-order valence-corrected chi connectivity index (χ4v) is 3.81. The maximum atomic E-state index is 13.0. The number of benzene rings is 2. The smallest absolute Gasteiger partial charge is 0.416 e. The number of rotatable bonds is 6. The van der Waals surface area contributed by atoms with E-state index in [-0.39, 0.29) is 23.1 Å². The van der Waals surface area contributed by atoms with Gasteiger partial charge >= 0.3 is 6.18 Å². The normalized spacial score (nSPS) is 15.8. The van der Waals surface area contributed by atoms with Gasteiger partial charge in [-0.1, -0.05) is 12.1 Å². The van der Waals surface area contributed by atoms with Gasteiger partial charge in [0, 0.05) is 37.5 Å². The average molecular weight is 464 g/mol. The summed E-state index contributed by atoms with van der Waals surface area (Å²) in [6.45, 7) is 5.52. The second-order valence-corrected chi connectivity index (χ2v) is 7.74. The molecule has 170 valence electrons. The van der Waals surface area contributed by atoms with Crippen molar-refractivity contribution in [3.63, 3.8) is 0 Å². The van der Waals surface area contributed by atoms with Crippen molar-refractivity contribution in [1.29, 1.82) is 0 Å². The van der Waals surface area contributed by atoms with Crippen LogP contribution in [-0.4, -0.2) is 46.1 Å². The van der Waals surface area contributed by atoms with Crippen LogP contribution in [0.25, 0.3) is 6.08 Å². The SMILES string of the molecule is CCN(CC)c1ccc(C=C2C(=O)N(Cc3cccc(C(F)(F)F)c3)C(=S)N2C)c(O)c1. The van der Waals surface area contributed by atoms with Crippen LogP contribution in [0, 0.1) is 0 Å². The molecule has 9 heteroatoms.